The maximum Gasteiger partial charge on any atom is 0.227 e. The van der Waals surface area contributed by atoms with Crippen molar-refractivity contribution in [1.29, 1.82) is 0 Å². The SMILES string of the molecule is Fc1ccc(Cc2nnc(N3CCCOCC3)n2CC2CCCC2)cc1. The highest BCUT2D eigenvalue weighted by atomic mass is 19.1. The summed E-state index contributed by atoms with van der Waals surface area (Å²) in [6, 6.07) is 6.70. The van der Waals surface area contributed by atoms with Gasteiger partial charge in [0, 0.05) is 32.7 Å². The summed E-state index contributed by atoms with van der Waals surface area (Å²) in [6.07, 6.45) is 6.93. The Bertz CT molecular complexity index is 701. The minimum absolute atomic E-state index is 0.202. The maximum absolute atomic E-state index is 13.2. The van der Waals surface area contributed by atoms with E-state index < -0.39 is 0 Å². The van der Waals surface area contributed by atoms with Crippen molar-refractivity contribution in [3.8, 4) is 0 Å². The fraction of sp³-hybridized carbons (Fsp3) is 0.600. The van der Waals surface area contributed by atoms with Crippen molar-refractivity contribution in [3.05, 3.63) is 41.5 Å². The molecule has 4 rings (SSSR count). The Kier molecular flexibility index (Phi) is 5.48. The highest BCUT2D eigenvalue weighted by Crippen LogP contribution is 2.29. The Morgan fingerprint density at radius 1 is 1.00 bits per heavy atom. The molecule has 2 aromatic rings. The van der Waals surface area contributed by atoms with Gasteiger partial charge in [0.2, 0.25) is 5.95 Å². The van der Waals surface area contributed by atoms with Gasteiger partial charge in [-0.1, -0.05) is 25.0 Å². The average molecular weight is 358 g/mol. The summed E-state index contributed by atoms with van der Waals surface area (Å²) in [5.74, 6) is 2.45. The van der Waals surface area contributed by atoms with Crippen molar-refractivity contribution < 1.29 is 9.13 Å². The largest absolute Gasteiger partial charge is 0.380 e. The first kappa shape index (κ1) is 17.5. The van der Waals surface area contributed by atoms with Gasteiger partial charge in [-0.25, -0.2) is 4.39 Å². The Labute approximate surface area is 154 Å². The molecule has 6 heteroatoms. The van der Waals surface area contributed by atoms with Gasteiger partial charge >= 0.3 is 0 Å². The molecule has 1 aromatic heterocycles. The van der Waals surface area contributed by atoms with Crippen LogP contribution in [-0.4, -0.2) is 41.1 Å². The third-order valence-electron chi connectivity index (χ3n) is 5.50. The van der Waals surface area contributed by atoms with Crippen LogP contribution in [0.4, 0.5) is 10.3 Å². The number of anilines is 1. The number of halogens is 1. The fourth-order valence-corrected chi connectivity index (χ4v) is 4.06. The van der Waals surface area contributed by atoms with Crippen LogP contribution in [-0.2, 0) is 17.7 Å². The van der Waals surface area contributed by atoms with Crippen LogP contribution in [0.15, 0.2) is 24.3 Å². The second kappa shape index (κ2) is 8.16. The van der Waals surface area contributed by atoms with Crippen molar-refractivity contribution in [2.45, 2.75) is 45.1 Å². The number of benzene rings is 1. The molecule has 26 heavy (non-hydrogen) atoms. The number of hydrogen-bond donors (Lipinski definition) is 0. The Balaban J connectivity index is 1.60. The van der Waals surface area contributed by atoms with E-state index in [4.69, 9.17) is 4.74 Å². The van der Waals surface area contributed by atoms with Gasteiger partial charge in [-0.3, -0.25) is 4.57 Å². The standard InChI is InChI=1S/C20H27FN4O/c21-18-8-6-16(7-9-18)14-19-22-23-20(24-10-3-12-26-13-11-24)25(19)15-17-4-1-2-5-17/h6-9,17H,1-5,10-15H2. The average Bonchev–Trinajstić information content (AvgIpc) is 3.21. The van der Waals surface area contributed by atoms with Crippen LogP contribution in [0.2, 0.25) is 0 Å². The van der Waals surface area contributed by atoms with Crippen molar-refractivity contribution in [1.82, 2.24) is 14.8 Å². The molecule has 0 radical (unpaired) electrons. The van der Waals surface area contributed by atoms with E-state index in [1.807, 2.05) is 12.1 Å². The number of aromatic nitrogens is 3. The first-order valence-corrected chi connectivity index (χ1v) is 9.79. The van der Waals surface area contributed by atoms with Gasteiger partial charge < -0.3 is 9.64 Å². The first-order chi connectivity index (χ1) is 12.8. The Morgan fingerprint density at radius 2 is 1.81 bits per heavy atom. The molecule has 2 aliphatic rings. The van der Waals surface area contributed by atoms with E-state index in [1.54, 1.807) is 0 Å². The number of nitrogens with zero attached hydrogens (tertiary/aromatic N) is 4. The van der Waals surface area contributed by atoms with Gasteiger partial charge in [0.1, 0.15) is 11.6 Å². The Morgan fingerprint density at radius 3 is 2.62 bits per heavy atom. The quantitative estimate of drug-likeness (QED) is 0.821. The summed E-state index contributed by atoms with van der Waals surface area (Å²) in [6.45, 7) is 4.36. The molecule has 1 saturated carbocycles. The van der Waals surface area contributed by atoms with Crippen molar-refractivity contribution in [2.24, 2.45) is 5.92 Å². The maximum atomic E-state index is 13.2. The van der Waals surface area contributed by atoms with E-state index in [9.17, 15) is 4.39 Å². The minimum Gasteiger partial charge on any atom is -0.380 e. The van der Waals surface area contributed by atoms with Gasteiger partial charge in [-0.05, 0) is 42.9 Å². The molecule has 1 saturated heterocycles. The molecule has 2 fully saturated rings. The fourth-order valence-electron chi connectivity index (χ4n) is 4.06. The van der Waals surface area contributed by atoms with E-state index in [1.165, 1.54) is 37.8 Å². The molecule has 140 valence electrons. The lowest BCUT2D eigenvalue weighted by molar-refractivity contribution is 0.152. The van der Waals surface area contributed by atoms with Crippen LogP contribution in [0.3, 0.4) is 0 Å². The zero-order chi connectivity index (χ0) is 17.8. The molecule has 0 N–H and O–H groups in total. The molecule has 0 amide bonds. The third-order valence-corrected chi connectivity index (χ3v) is 5.50. The molecular formula is C20H27FN4O. The molecule has 5 nitrogen and oxygen atoms in total. The van der Waals surface area contributed by atoms with Crippen molar-refractivity contribution in [2.75, 3.05) is 31.2 Å². The second-order valence-corrected chi connectivity index (χ2v) is 7.43. The molecule has 0 atom stereocenters. The normalized spacial score (nSPS) is 19.0. The van der Waals surface area contributed by atoms with E-state index >= 15 is 0 Å². The molecule has 1 aliphatic carbocycles. The lowest BCUT2D eigenvalue weighted by Crippen LogP contribution is -2.30. The summed E-state index contributed by atoms with van der Waals surface area (Å²) in [5.41, 5.74) is 1.07. The second-order valence-electron chi connectivity index (χ2n) is 7.43. The van der Waals surface area contributed by atoms with Gasteiger partial charge in [0.05, 0.1) is 6.61 Å². The van der Waals surface area contributed by atoms with E-state index in [0.29, 0.717) is 12.3 Å². The zero-order valence-corrected chi connectivity index (χ0v) is 15.2. The van der Waals surface area contributed by atoms with Crippen molar-refractivity contribution in [3.63, 3.8) is 0 Å². The van der Waals surface area contributed by atoms with Crippen LogP contribution in [0.5, 0.6) is 0 Å². The van der Waals surface area contributed by atoms with Crippen molar-refractivity contribution >= 4 is 5.95 Å². The Hall–Kier alpha value is -1.95. The summed E-state index contributed by atoms with van der Waals surface area (Å²) < 4.78 is 21.1. The smallest absolute Gasteiger partial charge is 0.227 e. The predicted octanol–water partition coefficient (Wildman–Crippen LogP) is 3.42. The molecule has 0 spiro atoms. The monoisotopic (exact) mass is 358 g/mol. The first-order valence-electron chi connectivity index (χ1n) is 9.79. The van der Waals surface area contributed by atoms with Crippen LogP contribution >= 0.6 is 0 Å². The topological polar surface area (TPSA) is 43.2 Å². The third kappa shape index (κ3) is 4.06. The lowest BCUT2D eigenvalue weighted by Gasteiger charge is -2.23. The van der Waals surface area contributed by atoms with E-state index in [-0.39, 0.29) is 5.82 Å². The van der Waals surface area contributed by atoms with Crippen LogP contribution in [0.25, 0.3) is 0 Å². The van der Waals surface area contributed by atoms with E-state index in [2.05, 4.69) is 19.7 Å². The highest BCUT2D eigenvalue weighted by Gasteiger charge is 2.23. The van der Waals surface area contributed by atoms with Crippen LogP contribution in [0, 0.1) is 11.7 Å². The molecule has 0 unspecified atom stereocenters. The molecule has 2 heterocycles. The summed E-state index contributed by atoms with van der Waals surface area (Å²) in [5, 5.41) is 9.06. The summed E-state index contributed by atoms with van der Waals surface area (Å²) in [4.78, 5) is 2.31. The highest BCUT2D eigenvalue weighted by molar-refractivity contribution is 5.33. The molecular weight excluding hydrogens is 331 g/mol. The summed E-state index contributed by atoms with van der Waals surface area (Å²) in [7, 11) is 0. The van der Waals surface area contributed by atoms with Crippen LogP contribution < -0.4 is 4.90 Å². The van der Waals surface area contributed by atoms with Gasteiger partial charge in [0.15, 0.2) is 0 Å². The molecule has 1 aliphatic heterocycles. The van der Waals surface area contributed by atoms with Gasteiger partial charge in [0.25, 0.3) is 0 Å². The number of ether oxygens (including phenoxy) is 1. The van der Waals surface area contributed by atoms with E-state index in [0.717, 1.165) is 56.6 Å². The number of rotatable bonds is 5. The van der Waals surface area contributed by atoms with Crippen LogP contribution in [0.1, 0.15) is 43.5 Å². The minimum atomic E-state index is -0.202. The molecule has 0 bridgehead atoms. The number of hydrogen-bond acceptors (Lipinski definition) is 4. The summed E-state index contributed by atoms with van der Waals surface area (Å²) >= 11 is 0. The lowest BCUT2D eigenvalue weighted by atomic mass is 10.1. The van der Waals surface area contributed by atoms with Gasteiger partial charge in [-0.2, -0.15) is 0 Å². The predicted molar refractivity (Wildman–Crippen MR) is 98.8 cm³/mol. The molecule has 1 aromatic carbocycles. The van der Waals surface area contributed by atoms with Gasteiger partial charge in [-0.15, -0.1) is 10.2 Å². The zero-order valence-electron chi connectivity index (χ0n) is 15.2.